The first-order valence-corrected chi connectivity index (χ1v) is 17.6. The van der Waals surface area contributed by atoms with Crippen molar-refractivity contribution in [1.29, 1.82) is 0 Å². The molecule has 17 heavy (non-hydrogen) atoms. The van der Waals surface area contributed by atoms with Crippen LogP contribution in [0.25, 0.3) is 0 Å². The summed E-state index contributed by atoms with van der Waals surface area (Å²) in [5, 5.41) is 5.38. The Morgan fingerprint density at radius 1 is 0.706 bits per heavy atom. The Labute approximate surface area is 115 Å². The van der Waals surface area contributed by atoms with Crippen molar-refractivity contribution in [2.45, 2.75) is 85.9 Å². The Bertz CT molecular complexity index is 194. The van der Waals surface area contributed by atoms with Gasteiger partial charge in [-0.25, -0.2) is 0 Å². The summed E-state index contributed by atoms with van der Waals surface area (Å²) in [4.78, 5) is 0. The Hall–Kier alpha value is 1.05. The average molecular weight is 364 g/mol. The molecular formula is C14H34Ge2O. The third kappa shape index (κ3) is 4.00. The topological polar surface area (TPSA) is 9.23 Å². The predicted molar refractivity (Wildman–Crippen MR) is 84.7 cm³/mol. The van der Waals surface area contributed by atoms with Gasteiger partial charge in [0.25, 0.3) is 0 Å². The van der Waals surface area contributed by atoms with Gasteiger partial charge in [-0.15, -0.1) is 0 Å². The Morgan fingerprint density at radius 3 is 1.24 bits per heavy atom. The number of hydrogen-bond donors (Lipinski definition) is 0. The first-order valence-electron chi connectivity index (χ1n) is 7.54. The molecule has 0 amide bonds. The van der Waals surface area contributed by atoms with Gasteiger partial charge in [0.05, 0.1) is 0 Å². The van der Waals surface area contributed by atoms with Gasteiger partial charge in [0, 0.05) is 0 Å². The van der Waals surface area contributed by atoms with Crippen molar-refractivity contribution in [1.82, 2.24) is 0 Å². The molecule has 0 aromatic heterocycles. The van der Waals surface area contributed by atoms with Crippen LogP contribution in [0.4, 0.5) is 0 Å². The molecule has 0 fully saturated rings. The van der Waals surface area contributed by atoms with Crippen LogP contribution in [-0.4, -0.2) is 27.2 Å². The van der Waals surface area contributed by atoms with E-state index >= 15 is 0 Å². The van der Waals surface area contributed by atoms with E-state index in [0.29, 0.717) is 0 Å². The van der Waals surface area contributed by atoms with E-state index in [9.17, 15) is 0 Å². The third-order valence-corrected chi connectivity index (χ3v) is 34.0. The average Bonchev–Trinajstić information content (AvgIpc) is 2.31. The normalized spacial score (nSPS) is 13.8. The van der Waals surface area contributed by atoms with Crippen molar-refractivity contribution in [3.05, 3.63) is 0 Å². The molecule has 0 aromatic rings. The molecule has 0 unspecified atom stereocenters. The summed E-state index contributed by atoms with van der Waals surface area (Å²) in [5.41, 5.74) is 0. The van der Waals surface area contributed by atoms with Gasteiger partial charge in [0.1, 0.15) is 0 Å². The first-order chi connectivity index (χ1) is 7.84. The van der Waals surface area contributed by atoms with Gasteiger partial charge in [-0.05, 0) is 0 Å². The van der Waals surface area contributed by atoms with Crippen LogP contribution in [0.2, 0.25) is 30.5 Å². The van der Waals surface area contributed by atoms with E-state index in [1.54, 1.807) is 0 Å². The second-order valence-electron chi connectivity index (χ2n) is 5.96. The molecule has 0 heterocycles. The van der Waals surface area contributed by atoms with Gasteiger partial charge >= 0.3 is 116 Å². The van der Waals surface area contributed by atoms with Crippen molar-refractivity contribution in [2.24, 2.45) is 0 Å². The molecule has 0 rings (SSSR count). The maximum absolute atomic E-state index is 7.12. The van der Waals surface area contributed by atoms with E-state index in [1.165, 1.54) is 21.0 Å². The van der Waals surface area contributed by atoms with Crippen LogP contribution in [0.3, 0.4) is 0 Å². The number of rotatable bonds is 8. The molecule has 0 aliphatic carbocycles. The molecule has 0 atom stereocenters. The van der Waals surface area contributed by atoms with Gasteiger partial charge in [-0.2, -0.15) is 0 Å². The molecule has 0 bridgehead atoms. The second-order valence-corrected chi connectivity index (χ2v) is 28.4. The molecule has 0 saturated heterocycles. The fourth-order valence-corrected chi connectivity index (χ4v) is 36.6. The molecule has 0 aliphatic heterocycles. The van der Waals surface area contributed by atoms with Gasteiger partial charge in [-0.3, -0.25) is 0 Å². The van der Waals surface area contributed by atoms with Crippen LogP contribution in [0.15, 0.2) is 0 Å². The van der Waals surface area contributed by atoms with Crippen LogP contribution in [0.5, 0.6) is 0 Å². The summed E-state index contributed by atoms with van der Waals surface area (Å²) < 4.78 is 8.72. The maximum atomic E-state index is 7.12. The fraction of sp³-hybridized carbons (Fsp3) is 1.00. The fourth-order valence-electron chi connectivity index (χ4n) is 3.16. The number of hydrogen-bond acceptors (Lipinski definition) is 1. The van der Waals surface area contributed by atoms with Crippen molar-refractivity contribution in [2.75, 3.05) is 0 Å². The second kappa shape index (κ2) is 7.59. The molecule has 3 heteroatoms. The molecule has 0 aromatic carbocycles. The zero-order chi connectivity index (χ0) is 13.7. The van der Waals surface area contributed by atoms with Crippen molar-refractivity contribution in [3.8, 4) is 0 Å². The van der Waals surface area contributed by atoms with Crippen LogP contribution in [0, 0.1) is 0 Å². The van der Waals surface area contributed by atoms with Crippen molar-refractivity contribution < 1.29 is 2.79 Å². The minimum atomic E-state index is -2.12. The van der Waals surface area contributed by atoms with Gasteiger partial charge in [0.2, 0.25) is 0 Å². The van der Waals surface area contributed by atoms with E-state index in [2.05, 4.69) is 55.4 Å². The van der Waals surface area contributed by atoms with Crippen molar-refractivity contribution >= 4 is 27.2 Å². The van der Waals surface area contributed by atoms with E-state index in [0.717, 1.165) is 9.50 Å². The SMILES string of the molecule is C[CH2][Ge]([CH2]C)([CH2]C)[O][Ge]([CH2]C)([CH](C)C)[CH](C)C. The summed E-state index contributed by atoms with van der Waals surface area (Å²) in [6.07, 6.45) is 0. The van der Waals surface area contributed by atoms with Gasteiger partial charge in [-0.1, -0.05) is 0 Å². The molecule has 1 nitrogen and oxygen atoms in total. The Morgan fingerprint density at radius 2 is 1.06 bits per heavy atom. The molecule has 0 saturated carbocycles. The van der Waals surface area contributed by atoms with Crippen LogP contribution in [-0.2, 0) is 2.79 Å². The van der Waals surface area contributed by atoms with E-state index < -0.39 is 27.2 Å². The molecule has 0 spiro atoms. The molecular weight excluding hydrogens is 329 g/mol. The Balaban J connectivity index is 5.21. The standard InChI is InChI=1S/C14H34Ge2O/c1-9-15(10-2,11-3)17-16(12-4,13(5)6)14(7)8/h13-14H,9-12H2,1-8H3. The van der Waals surface area contributed by atoms with Crippen LogP contribution < -0.4 is 0 Å². The van der Waals surface area contributed by atoms with Gasteiger partial charge < -0.3 is 0 Å². The van der Waals surface area contributed by atoms with Crippen LogP contribution >= 0.6 is 0 Å². The monoisotopic (exact) mass is 366 g/mol. The quantitative estimate of drug-likeness (QED) is 0.496. The summed E-state index contributed by atoms with van der Waals surface area (Å²) in [5.74, 6) is 0. The van der Waals surface area contributed by atoms with Crippen LogP contribution in [0.1, 0.15) is 55.4 Å². The zero-order valence-corrected chi connectivity index (χ0v) is 17.6. The van der Waals surface area contributed by atoms with E-state index in [4.69, 9.17) is 2.79 Å². The summed E-state index contributed by atoms with van der Waals surface area (Å²) >= 11 is -4.08. The third-order valence-electron chi connectivity index (χ3n) is 4.85. The van der Waals surface area contributed by atoms with E-state index in [-0.39, 0.29) is 0 Å². The summed E-state index contributed by atoms with van der Waals surface area (Å²) in [6.45, 7) is 19.2. The van der Waals surface area contributed by atoms with E-state index in [1.807, 2.05) is 0 Å². The summed E-state index contributed by atoms with van der Waals surface area (Å²) in [7, 11) is 0. The minimum absolute atomic E-state index is 0.801. The molecule has 104 valence electrons. The predicted octanol–water partition coefficient (Wildman–Crippen LogP) is 5.79. The molecule has 0 radical (unpaired) electrons. The van der Waals surface area contributed by atoms with Crippen molar-refractivity contribution in [3.63, 3.8) is 0 Å². The summed E-state index contributed by atoms with van der Waals surface area (Å²) in [6, 6.07) is 0. The zero-order valence-electron chi connectivity index (χ0n) is 13.4. The molecule has 0 aliphatic rings. The van der Waals surface area contributed by atoms with Gasteiger partial charge in [0.15, 0.2) is 0 Å². The molecule has 0 N–H and O–H groups in total. The Kier molecular flexibility index (Phi) is 8.06. The first kappa shape index (κ1) is 18.0.